The van der Waals surface area contributed by atoms with Gasteiger partial charge in [0.1, 0.15) is 11.3 Å². The summed E-state index contributed by atoms with van der Waals surface area (Å²) in [5.74, 6) is 0.763. The van der Waals surface area contributed by atoms with E-state index < -0.39 is 0 Å². The second-order valence-corrected chi connectivity index (χ2v) is 3.94. The third-order valence-corrected chi connectivity index (χ3v) is 3.22. The molecule has 0 unspecified atom stereocenters. The number of thiazole rings is 1. The summed E-state index contributed by atoms with van der Waals surface area (Å²) in [6.45, 7) is 0. The van der Waals surface area contributed by atoms with Gasteiger partial charge in [-0.25, -0.2) is 0 Å². The van der Waals surface area contributed by atoms with E-state index in [1.165, 1.54) is 11.3 Å². The van der Waals surface area contributed by atoms with Gasteiger partial charge in [0.25, 0.3) is 0 Å². The Labute approximate surface area is 89.6 Å². The standard InChI is InChI=1S/C9H9N3O2S/c1-12-8-6(14-2)4-3-5-7(8)15-9(12)10-11-13/h3-5H,1-2H3/b10-9-. The van der Waals surface area contributed by atoms with Crippen molar-refractivity contribution in [2.75, 3.05) is 7.11 Å². The van der Waals surface area contributed by atoms with Crippen molar-refractivity contribution in [1.82, 2.24) is 4.57 Å². The van der Waals surface area contributed by atoms with Crippen LogP contribution in [0.25, 0.3) is 10.2 Å². The fraction of sp³-hybridized carbons (Fsp3) is 0.222. The maximum Gasteiger partial charge on any atom is 0.214 e. The summed E-state index contributed by atoms with van der Waals surface area (Å²) in [6, 6.07) is 5.72. The van der Waals surface area contributed by atoms with E-state index in [2.05, 4.69) is 10.4 Å². The summed E-state index contributed by atoms with van der Waals surface area (Å²) < 4.78 is 8.04. The minimum atomic E-state index is 0.560. The van der Waals surface area contributed by atoms with Crippen LogP contribution in [0.5, 0.6) is 5.75 Å². The number of para-hydroxylation sites is 1. The highest BCUT2D eigenvalue weighted by atomic mass is 32.1. The number of nitroso groups, excluding NO2 is 1. The first kappa shape index (κ1) is 9.85. The molecule has 2 aromatic rings. The minimum Gasteiger partial charge on any atom is -0.495 e. The molecular weight excluding hydrogens is 214 g/mol. The molecule has 6 heteroatoms. The summed E-state index contributed by atoms with van der Waals surface area (Å²) in [5, 5.41) is 6.06. The van der Waals surface area contributed by atoms with Gasteiger partial charge in [-0.05, 0) is 12.1 Å². The number of fused-ring (bicyclic) bond motifs is 1. The van der Waals surface area contributed by atoms with Crippen LogP contribution in [0.3, 0.4) is 0 Å². The Bertz CT molecular complexity index is 570. The monoisotopic (exact) mass is 223 g/mol. The molecule has 5 nitrogen and oxygen atoms in total. The number of hydrogen-bond acceptors (Lipinski definition) is 4. The second-order valence-electron chi connectivity index (χ2n) is 2.93. The highest BCUT2D eigenvalue weighted by molar-refractivity contribution is 7.16. The molecule has 0 spiro atoms. The summed E-state index contributed by atoms with van der Waals surface area (Å²) >= 11 is 1.40. The van der Waals surface area contributed by atoms with Crippen LogP contribution < -0.4 is 9.54 Å². The smallest absolute Gasteiger partial charge is 0.214 e. The normalized spacial score (nSPS) is 12.0. The van der Waals surface area contributed by atoms with Crippen LogP contribution in [0.2, 0.25) is 0 Å². The average Bonchev–Trinajstić information content (AvgIpc) is 2.57. The second kappa shape index (κ2) is 3.82. The maximum atomic E-state index is 10.1. The van der Waals surface area contributed by atoms with Gasteiger partial charge >= 0.3 is 0 Å². The van der Waals surface area contributed by atoms with Crippen LogP contribution in [0.15, 0.2) is 28.6 Å². The topological polar surface area (TPSA) is 56.0 Å². The van der Waals surface area contributed by atoms with Crippen molar-refractivity contribution in [3.8, 4) is 5.75 Å². The highest BCUT2D eigenvalue weighted by Crippen LogP contribution is 2.26. The lowest BCUT2D eigenvalue weighted by atomic mass is 10.3. The summed E-state index contributed by atoms with van der Waals surface area (Å²) in [7, 11) is 3.44. The first-order chi connectivity index (χ1) is 7.27. The Morgan fingerprint density at radius 2 is 2.27 bits per heavy atom. The molecule has 0 N–H and O–H groups in total. The third kappa shape index (κ3) is 1.52. The van der Waals surface area contributed by atoms with Gasteiger partial charge in [0.15, 0.2) is 0 Å². The Morgan fingerprint density at radius 1 is 1.47 bits per heavy atom. The van der Waals surface area contributed by atoms with E-state index >= 15 is 0 Å². The Balaban J connectivity index is 2.88. The van der Waals surface area contributed by atoms with E-state index in [9.17, 15) is 4.91 Å². The van der Waals surface area contributed by atoms with Gasteiger partial charge in [0.05, 0.1) is 17.1 Å². The lowest BCUT2D eigenvalue weighted by Gasteiger charge is -2.02. The lowest BCUT2D eigenvalue weighted by Crippen LogP contribution is -2.09. The van der Waals surface area contributed by atoms with Crippen LogP contribution in [0, 0.1) is 4.91 Å². The van der Waals surface area contributed by atoms with E-state index in [0.29, 0.717) is 4.80 Å². The van der Waals surface area contributed by atoms with Crippen LogP contribution in [0.1, 0.15) is 0 Å². The molecule has 1 aromatic carbocycles. The molecule has 0 fully saturated rings. The lowest BCUT2D eigenvalue weighted by molar-refractivity contribution is 0.417. The van der Waals surface area contributed by atoms with E-state index in [4.69, 9.17) is 4.74 Å². The number of aromatic nitrogens is 1. The molecule has 0 amide bonds. The molecular formula is C9H9N3O2S. The quantitative estimate of drug-likeness (QED) is 0.576. The van der Waals surface area contributed by atoms with Crippen LogP contribution in [-0.2, 0) is 7.05 Å². The number of benzene rings is 1. The summed E-state index contributed by atoms with van der Waals surface area (Å²) in [4.78, 5) is 10.7. The first-order valence-corrected chi connectivity index (χ1v) is 5.08. The molecule has 0 aliphatic heterocycles. The van der Waals surface area contributed by atoms with E-state index in [-0.39, 0.29) is 0 Å². The van der Waals surface area contributed by atoms with Crippen LogP contribution >= 0.6 is 11.3 Å². The fourth-order valence-corrected chi connectivity index (χ4v) is 2.44. The van der Waals surface area contributed by atoms with E-state index in [1.54, 1.807) is 11.7 Å². The van der Waals surface area contributed by atoms with Gasteiger partial charge in [-0.3, -0.25) is 0 Å². The average molecular weight is 223 g/mol. The molecule has 0 saturated heterocycles. The molecule has 1 aromatic heterocycles. The summed E-state index contributed by atoms with van der Waals surface area (Å²) in [6.07, 6.45) is 0. The molecule has 0 aliphatic carbocycles. The number of nitrogens with zero attached hydrogens (tertiary/aromatic N) is 3. The zero-order valence-corrected chi connectivity index (χ0v) is 9.11. The predicted octanol–water partition coefficient (Wildman–Crippen LogP) is 1.83. The van der Waals surface area contributed by atoms with E-state index in [1.807, 2.05) is 25.2 Å². The largest absolute Gasteiger partial charge is 0.495 e. The van der Waals surface area contributed by atoms with Gasteiger partial charge in [-0.1, -0.05) is 22.5 Å². The molecule has 2 rings (SSSR count). The van der Waals surface area contributed by atoms with Gasteiger partial charge in [0, 0.05) is 7.05 Å². The predicted molar refractivity (Wildman–Crippen MR) is 58.7 cm³/mol. The maximum absolute atomic E-state index is 10.1. The van der Waals surface area contributed by atoms with Crippen molar-refractivity contribution in [3.05, 3.63) is 27.9 Å². The summed E-state index contributed by atoms with van der Waals surface area (Å²) in [5.41, 5.74) is 0.924. The number of aryl methyl sites for hydroxylation is 1. The molecule has 0 radical (unpaired) electrons. The van der Waals surface area contributed by atoms with Crippen molar-refractivity contribution in [2.24, 2.45) is 17.4 Å². The Hall–Kier alpha value is -1.69. The zero-order chi connectivity index (χ0) is 10.8. The Morgan fingerprint density at radius 3 is 2.93 bits per heavy atom. The van der Waals surface area contributed by atoms with Crippen molar-refractivity contribution in [2.45, 2.75) is 0 Å². The molecule has 15 heavy (non-hydrogen) atoms. The van der Waals surface area contributed by atoms with Gasteiger partial charge in [-0.2, -0.15) is 0 Å². The highest BCUT2D eigenvalue weighted by Gasteiger charge is 2.07. The molecule has 1 heterocycles. The molecule has 0 atom stereocenters. The van der Waals surface area contributed by atoms with E-state index in [0.717, 1.165) is 16.0 Å². The molecule has 0 bridgehead atoms. The zero-order valence-electron chi connectivity index (χ0n) is 8.30. The van der Waals surface area contributed by atoms with Gasteiger partial charge in [0.2, 0.25) is 4.80 Å². The third-order valence-electron chi connectivity index (χ3n) is 2.13. The number of ether oxygens (including phenoxy) is 1. The van der Waals surface area contributed by atoms with Crippen molar-refractivity contribution in [1.29, 1.82) is 0 Å². The Kier molecular flexibility index (Phi) is 2.51. The first-order valence-electron chi connectivity index (χ1n) is 4.27. The fourth-order valence-electron chi connectivity index (χ4n) is 1.46. The van der Waals surface area contributed by atoms with Gasteiger partial charge < -0.3 is 9.30 Å². The van der Waals surface area contributed by atoms with Crippen molar-refractivity contribution < 1.29 is 4.74 Å². The number of methoxy groups -OCH3 is 1. The van der Waals surface area contributed by atoms with Crippen LogP contribution in [0.4, 0.5) is 0 Å². The molecule has 78 valence electrons. The van der Waals surface area contributed by atoms with Crippen LogP contribution in [-0.4, -0.2) is 11.7 Å². The van der Waals surface area contributed by atoms with Crippen molar-refractivity contribution >= 4 is 21.6 Å². The number of rotatable bonds is 2. The number of hydrogen-bond donors (Lipinski definition) is 0. The van der Waals surface area contributed by atoms with Gasteiger partial charge in [-0.15, -0.1) is 4.91 Å². The SMILES string of the molecule is COc1cccc2s/c(=N\N=O)n(C)c12. The van der Waals surface area contributed by atoms with Crippen molar-refractivity contribution in [3.63, 3.8) is 0 Å². The molecule has 0 saturated carbocycles. The minimum absolute atomic E-state index is 0.560. The molecule has 0 aliphatic rings.